The van der Waals surface area contributed by atoms with Crippen LogP contribution in [0.5, 0.6) is 0 Å². The van der Waals surface area contributed by atoms with E-state index in [1.54, 1.807) is 0 Å². The van der Waals surface area contributed by atoms with Crippen molar-refractivity contribution in [1.29, 1.82) is 0 Å². The van der Waals surface area contributed by atoms with E-state index in [0.717, 1.165) is 32.1 Å². The average Bonchev–Trinajstić information content (AvgIpc) is 2.39. The van der Waals surface area contributed by atoms with Crippen molar-refractivity contribution in [1.82, 2.24) is 4.72 Å². The summed E-state index contributed by atoms with van der Waals surface area (Å²) >= 11 is 0. The Morgan fingerprint density at radius 1 is 0.947 bits per heavy atom. The minimum absolute atomic E-state index is 0.322. The molecule has 2 fully saturated rings. The first-order valence-electron chi connectivity index (χ1n) is 7.24. The normalized spacial score (nSPS) is 30.1. The molecule has 2 rings (SSSR count). The van der Waals surface area contributed by atoms with Crippen LogP contribution in [0.4, 0.5) is 0 Å². The number of aliphatic carboxylic acids is 1. The number of hydrogen-bond donors (Lipinski definition) is 2. The highest BCUT2D eigenvalue weighted by atomic mass is 32.2. The molecule has 0 saturated heterocycles. The van der Waals surface area contributed by atoms with Gasteiger partial charge >= 0.3 is 5.97 Å². The Kier molecular flexibility index (Phi) is 4.84. The molecule has 2 atom stereocenters. The Labute approximate surface area is 114 Å². The molecule has 2 unspecified atom stereocenters. The third kappa shape index (κ3) is 3.69. The van der Waals surface area contributed by atoms with Crippen molar-refractivity contribution in [3.8, 4) is 0 Å². The van der Waals surface area contributed by atoms with Gasteiger partial charge in [-0.25, -0.2) is 13.1 Å². The first-order valence-corrected chi connectivity index (χ1v) is 8.79. The summed E-state index contributed by atoms with van der Waals surface area (Å²) in [6, 6.07) is -0.418. The SMILES string of the molecule is O=C(O)C1CCCCC1NS(=O)(=O)C1CCCCC1. The molecule has 0 bridgehead atoms. The van der Waals surface area contributed by atoms with Crippen LogP contribution in [-0.4, -0.2) is 30.8 Å². The topological polar surface area (TPSA) is 83.5 Å². The molecule has 0 spiro atoms. The summed E-state index contributed by atoms with van der Waals surface area (Å²) < 4.78 is 27.3. The van der Waals surface area contributed by atoms with Gasteiger partial charge < -0.3 is 5.11 Å². The largest absolute Gasteiger partial charge is 0.481 e. The zero-order valence-corrected chi connectivity index (χ0v) is 12.0. The van der Waals surface area contributed by atoms with Gasteiger partial charge in [0, 0.05) is 6.04 Å². The maximum Gasteiger partial charge on any atom is 0.308 e. The average molecular weight is 289 g/mol. The zero-order valence-electron chi connectivity index (χ0n) is 11.2. The van der Waals surface area contributed by atoms with Gasteiger partial charge in [-0.1, -0.05) is 32.1 Å². The highest BCUT2D eigenvalue weighted by molar-refractivity contribution is 7.90. The van der Waals surface area contributed by atoms with E-state index in [0.29, 0.717) is 25.7 Å². The minimum atomic E-state index is -3.36. The molecule has 6 heteroatoms. The number of carbonyl (C=O) groups is 1. The van der Waals surface area contributed by atoms with Crippen molar-refractivity contribution in [2.75, 3.05) is 0 Å². The number of carboxylic acids is 1. The van der Waals surface area contributed by atoms with Gasteiger partial charge in [-0.05, 0) is 25.7 Å². The Morgan fingerprint density at radius 2 is 1.53 bits per heavy atom. The fourth-order valence-electron chi connectivity index (χ4n) is 3.25. The molecular weight excluding hydrogens is 266 g/mol. The van der Waals surface area contributed by atoms with Crippen LogP contribution in [0.3, 0.4) is 0 Å². The highest BCUT2D eigenvalue weighted by Gasteiger charge is 2.36. The van der Waals surface area contributed by atoms with E-state index in [1.165, 1.54) is 0 Å². The Balaban J connectivity index is 2.03. The van der Waals surface area contributed by atoms with Gasteiger partial charge in [0.05, 0.1) is 11.2 Å². The lowest BCUT2D eigenvalue weighted by atomic mass is 9.85. The molecule has 0 aromatic rings. The van der Waals surface area contributed by atoms with Gasteiger partial charge in [-0.3, -0.25) is 4.79 Å². The molecule has 110 valence electrons. The summed E-state index contributed by atoms with van der Waals surface area (Å²) in [5, 5.41) is 8.86. The predicted molar refractivity (Wildman–Crippen MR) is 72.3 cm³/mol. The molecule has 0 heterocycles. The van der Waals surface area contributed by atoms with Gasteiger partial charge in [-0.2, -0.15) is 0 Å². The lowest BCUT2D eigenvalue weighted by molar-refractivity contribution is -0.143. The Morgan fingerprint density at radius 3 is 2.16 bits per heavy atom. The summed E-state index contributed by atoms with van der Waals surface area (Å²) in [5.41, 5.74) is 0. The molecular formula is C13H23NO4S. The number of carboxylic acid groups (broad SMARTS) is 1. The lowest BCUT2D eigenvalue weighted by Gasteiger charge is -2.31. The summed E-state index contributed by atoms with van der Waals surface area (Å²) in [6.45, 7) is 0. The van der Waals surface area contributed by atoms with E-state index in [2.05, 4.69) is 4.72 Å². The first kappa shape index (κ1) is 14.8. The van der Waals surface area contributed by atoms with Crippen LogP contribution in [0.15, 0.2) is 0 Å². The Bertz CT molecular complexity index is 414. The number of hydrogen-bond acceptors (Lipinski definition) is 3. The summed E-state index contributed by atoms with van der Waals surface area (Å²) in [5.74, 6) is -1.44. The van der Waals surface area contributed by atoms with Gasteiger partial charge in [0.15, 0.2) is 0 Å². The quantitative estimate of drug-likeness (QED) is 0.827. The van der Waals surface area contributed by atoms with E-state index in [9.17, 15) is 18.3 Å². The van der Waals surface area contributed by atoms with Crippen molar-refractivity contribution < 1.29 is 18.3 Å². The third-order valence-electron chi connectivity index (χ3n) is 4.39. The second-order valence-electron chi connectivity index (χ2n) is 5.76. The van der Waals surface area contributed by atoms with E-state index in [-0.39, 0.29) is 5.25 Å². The predicted octanol–water partition coefficient (Wildman–Crippen LogP) is 1.88. The van der Waals surface area contributed by atoms with Crippen LogP contribution in [0, 0.1) is 5.92 Å². The standard InChI is InChI=1S/C13H23NO4S/c15-13(16)11-8-4-5-9-12(11)14-19(17,18)10-6-2-1-3-7-10/h10-12,14H,1-9H2,(H,15,16). The molecule has 5 nitrogen and oxygen atoms in total. The lowest BCUT2D eigenvalue weighted by Crippen LogP contribution is -2.48. The Hall–Kier alpha value is -0.620. The number of nitrogens with one attached hydrogen (secondary N) is 1. The molecule has 19 heavy (non-hydrogen) atoms. The van der Waals surface area contributed by atoms with E-state index in [4.69, 9.17) is 0 Å². The molecule has 0 aromatic carbocycles. The second kappa shape index (κ2) is 6.22. The van der Waals surface area contributed by atoms with Crippen LogP contribution in [0.25, 0.3) is 0 Å². The van der Waals surface area contributed by atoms with Crippen LogP contribution < -0.4 is 4.72 Å². The van der Waals surface area contributed by atoms with Crippen molar-refractivity contribution in [3.05, 3.63) is 0 Å². The molecule has 0 amide bonds. The molecule has 2 N–H and O–H groups in total. The monoisotopic (exact) mass is 289 g/mol. The fourth-order valence-corrected chi connectivity index (χ4v) is 5.10. The maximum atomic E-state index is 12.3. The summed E-state index contributed by atoms with van der Waals surface area (Å²) in [7, 11) is -3.36. The second-order valence-corrected chi connectivity index (χ2v) is 7.75. The third-order valence-corrected chi connectivity index (χ3v) is 6.37. The summed E-state index contributed by atoms with van der Waals surface area (Å²) in [4.78, 5) is 11.2. The molecule has 0 aromatic heterocycles. The van der Waals surface area contributed by atoms with Gasteiger partial charge in [0.25, 0.3) is 0 Å². The smallest absolute Gasteiger partial charge is 0.308 e. The van der Waals surface area contributed by atoms with Crippen LogP contribution >= 0.6 is 0 Å². The molecule has 0 aliphatic heterocycles. The molecule has 2 aliphatic carbocycles. The summed E-state index contributed by atoms with van der Waals surface area (Å²) in [6.07, 6.45) is 7.43. The van der Waals surface area contributed by atoms with Crippen LogP contribution in [-0.2, 0) is 14.8 Å². The van der Waals surface area contributed by atoms with Crippen molar-refractivity contribution >= 4 is 16.0 Å². The molecule has 2 saturated carbocycles. The van der Waals surface area contributed by atoms with Gasteiger partial charge in [0.2, 0.25) is 10.0 Å². The minimum Gasteiger partial charge on any atom is -0.481 e. The van der Waals surface area contributed by atoms with E-state index < -0.39 is 28.0 Å². The maximum absolute atomic E-state index is 12.3. The first-order chi connectivity index (χ1) is 9.00. The highest BCUT2D eigenvalue weighted by Crippen LogP contribution is 2.28. The number of rotatable bonds is 4. The van der Waals surface area contributed by atoms with Crippen molar-refractivity contribution in [2.24, 2.45) is 5.92 Å². The van der Waals surface area contributed by atoms with Crippen LogP contribution in [0.2, 0.25) is 0 Å². The van der Waals surface area contributed by atoms with E-state index >= 15 is 0 Å². The number of sulfonamides is 1. The van der Waals surface area contributed by atoms with Gasteiger partial charge in [0.1, 0.15) is 0 Å². The fraction of sp³-hybridized carbons (Fsp3) is 0.923. The van der Waals surface area contributed by atoms with Gasteiger partial charge in [-0.15, -0.1) is 0 Å². The van der Waals surface area contributed by atoms with Crippen molar-refractivity contribution in [3.63, 3.8) is 0 Å². The molecule has 0 radical (unpaired) electrons. The van der Waals surface area contributed by atoms with E-state index in [1.807, 2.05) is 0 Å². The zero-order chi connectivity index (χ0) is 13.9. The van der Waals surface area contributed by atoms with Crippen molar-refractivity contribution in [2.45, 2.75) is 69.1 Å². The van der Waals surface area contributed by atoms with Crippen LogP contribution in [0.1, 0.15) is 57.8 Å². The molecule has 2 aliphatic rings.